The average molecular weight is 149 g/mol. The van der Waals surface area contributed by atoms with Crippen molar-refractivity contribution in [2.75, 3.05) is 6.54 Å². The van der Waals surface area contributed by atoms with Crippen LogP contribution in [0.1, 0.15) is 26.2 Å². The molecular weight excluding hydrogens is 134 g/mol. The van der Waals surface area contributed by atoms with E-state index in [9.17, 15) is 0 Å². The van der Waals surface area contributed by atoms with E-state index in [1.165, 1.54) is 19.3 Å². The third-order valence-electron chi connectivity index (χ3n) is 3.84. The summed E-state index contributed by atoms with van der Waals surface area (Å²) in [5.41, 5.74) is 0. The summed E-state index contributed by atoms with van der Waals surface area (Å²) in [6.07, 6.45) is 4.29. The second-order valence-corrected chi connectivity index (χ2v) is 4.20. The number of nitrogens with zero attached hydrogens (tertiary/aromatic N) is 1. The maximum Gasteiger partial charge on any atom is 0.218 e. The zero-order valence-corrected chi connectivity index (χ0v) is 7.09. The van der Waals surface area contributed by atoms with E-state index in [2.05, 4.69) is 11.8 Å². The molecule has 11 heavy (non-hydrogen) atoms. The first kappa shape index (κ1) is 7.16. The Hall–Kier alpha value is -0.510. The van der Waals surface area contributed by atoms with E-state index < -0.39 is 0 Å². The number of hydrogen-bond acceptors (Lipinski definition) is 0. The van der Waals surface area contributed by atoms with E-state index in [1.54, 1.807) is 0 Å². The third kappa shape index (κ3) is 0.965. The molecule has 2 saturated carbocycles. The molecule has 2 fully saturated rings. The summed E-state index contributed by atoms with van der Waals surface area (Å²) < 4.78 is 0. The summed E-state index contributed by atoms with van der Waals surface area (Å²) >= 11 is 0. The molecule has 0 aliphatic heterocycles. The van der Waals surface area contributed by atoms with Gasteiger partial charge in [0.1, 0.15) is 0 Å². The smallest absolute Gasteiger partial charge is 0.218 e. The molecule has 0 saturated heterocycles. The SMILES string of the molecule is [C-]#[N+]CC1C2CCC(C2)C1C. The van der Waals surface area contributed by atoms with Crippen molar-refractivity contribution in [3.8, 4) is 0 Å². The summed E-state index contributed by atoms with van der Waals surface area (Å²) in [5, 5.41) is 0. The first-order chi connectivity index (χ1) is 5.33. The molecular formula is C10H15N. The van der Waals surface area contributed by atoms with Gasteiger partial charge in [-0.2, -0.15) is 0 Å². The van der Waals surface area contributed by atoms with Crippen molar-refractivity contribution in [3.05, 3.63) is 11.4 Å². The summed E-state index contributed by atoms with van der Waals surface area (Å²) in [7, 11) is 0. The van der Waals surface area contributed by atoms with E-state index in [4.69, 9.17) is 6.57 Å². The van der Waals surface area contributed by atoms with Gasteiger partial charge < -0.3 is 4.85 Å². The van der Waals surface area contributed by atoms with E-state index in [1.807, 2.05) is 0 Å². The van der Waals surface area contributed by atoms with Crippen molar-refractivity contribution in [3.63, 3.8) is 0 Å². The molecule has 1 nitrogen and oxygen atoms in total. The number of fused-ring (bicyclic) bond motifs is 2. The number of rotatable bonds is 1. The number of hydrogen-bond donors (Lipinski definition) is 0. The molecule has 2 bridgehead atoms. The van der Waals surface area contributed by atoms with Crippen molar-refractivity contribution >= 4 is 0 Å². The lowest BCUT2D eigenvalue weighted by Gasteiger charge is -2.23. The van der Waals surface area contributed by atoms with Gasteiger partial charge in [0.05, 0.1) is 0 Å². The van der Waals surface area contributed by atoms with Crippen LogP contribution < -0.4 is 0 Å². The summed E-state index contributed by atoms with van der Waals surface area (Å²) in [5.74, 6) is 3.50. The van der Waals surface area contributed by atoms with Crippen LogP contribution in [0, 0.1) is 30.2 Å². The zero-order chi connectivity index (χ0) is 7.84. The largest absolute Gasteiger partial charge is 0.317 e. The van der Waals surface area contributed by atoms with Gasteiger partial charge >= 0.3 is 0 Å². The first-order valence-corrected chi connectivity index (χ1v) is 4.66. The van der Waals surface area contributed by atoms with Crippen LogP contribution in [0.2, 0.25) is 0 Å². The lowest BCUT2D eigenvalue weighted by molar-refractivity contribution is 0.255. The van der Waals surface area contributed by atoms with Crippen molar-refractivity contribution in [1.29, 1.82) is 0 Å². The van der Waals surface area contributed by atoms with Gasteiger partial charge in [0, 0.05) is 5.92 Å². The van der Waals surface area contributed by atoms with Crippen LogP contribution in [-0.4, -0.2) is 6.54 Å². The summed E-state index contributed by atoms with van der Waals surface area (Å²) in [4.78, 5) is 3.54. The molecule has 0 amide bonds. The zero-order valence-electron chi connectivity index (χ0n) is 7.09. The molecule has 0 aromatic carbocycles. The molecule has 2 rings (SSSR count). The molecule has 1 heteroatoms. The Morgan fingerprint density at radius 1 is 1.36 bits per heavy atom. The van der Waals surface area contributed by atoms with Gasteiger partial charge in [-0.15, -0.1) is 0 Å². The van der Waals surface area contributed by atoms with Gasteiger partial charge in [-0.3, -0.25) is 0 Å². The molecule has 4 unspecified atom stereocenters. The highest BCUT2D eigenvalue weighted by Gasteiger charge is 2.46. The molecule has 0 radical (unpaired) electrons. The van der Waals surface area contributed by atoms with E-state index in [0.29, 0.717) is 0 Å². The maximum absolute atomic E-state index is 6.86. The fourth-order valence-corrected chi connectivity index (χ4v) is 3.12. The highest BCUT2D eigenvalue weighted by atomic mass is 14.7. The lowest BCUT2D eigenvalue weighted by atomic mass is 9.80. The van der Waals surface area contributed by atoms with Crippen LogP contribution in [0.4, 0.5) is 0 Å². The highest BCUT2D eigenvalue weighted by molar-refractivity contribution is 4.96. The molecule has 0 heterocycles. The Morgan fingerprint density at radius 2 is 2.09 bits per heavy atom. The van der Waals surface area contributed by atoms with Gasteiger partial charge in [0.15, 0.2) is 0 Å². The third-order valence-corrected chi connectivity index (χ3v) is 3.84. The molecule has 2 aliphatic carbocycles. The minimum absolute atomic E-state index is 0.756. The van der Waals surface area contributed by atoms with Crippen LogP contribution in [0.25, 0.3) is 4.85 Å². The van der Waals surface area contributed by atoms with Crippen LogP contribution >= 0.6 is 0 Å². The van der Waals surface area contributed by atoms with Crippen LogP contribution in [-0.2, 0) is 0 Å². The summed E-state index contributed by atoms with van der Waals surface area (Å²) in [6.45, 7) is 10.0. The Bertz CT molecular complexity index is 190. The van der Waals surface area contributed by atoms with Crippen molar-refractivity contribution in [1.82, 2.24) is 0 Å². The van der Waals surface area contributed by atoms with Crippen molar-refractivity contribution in [2.45, 2.75) is 26.2 Å². The predicted octanol–water partition coefficient (Wildman–Crippen LogP) is 2.59. The standard InChI is InChI=1S/C10H15N/c1-7-8-3-4-9(5-8)10(7)6-11-2/h7-10H,3-6H2,1H3. The Labute approximate surface area is 68.6 Å². The van der Waals surface area contributed by atoms with Crippen LogP contribution in [0.5, 0.6) is 0 Å². The van der Waals surface area contributed by atoms with Crippen molar-refractivity contribution < 1.29 is 0 Å². The van der Waals surface area contributed by atoms with Gasteiger partial charge in [-0.05, 0) is 37.0 Å². The van der Waals surface area contributed by atoms with Crippen molar-refractivity contribution in [2.24, 2.45) is 23.7 Å². The Morgan fingerprint density at radius 3 is 2.64 bits per heavy atom. The average Bonchev–Trinajstić information content (AvgIpc) is 2.54. The van der Waals surface area contributed by atoms with E-state index in [-0.39, 0.29) is 0 Å². The van der Waals surface area contributed by atoms with Gasteiger partial charge in [-0.1, -0.05) is 6.92 Å². The highest BCUT2D eigenvalue weighted by Crippen LogP contribution is 2.51. The second kappa shape index (κ2) is 2.52. The topological polar surface area (TPSA) is 4.36 Å². The summed E-state index contributed by atoms with van der Waals surface area (Å²) in [6, 6.07) is 0. The lowest BCUT2D eigenvalue weighted by Crippen LogP contribution is -2.21. The maximum atomic E-state index is 6.86. The molecule has 60 valence electrons. The van der Waals surface area contributed by atoms with Gasteiger partial charge in [0.25, 0.3) is 0 Å². The minimum Gasteiger partial charge on any atom is -0.317 e. The van der Waals surface area contributed by atoms with Crippen LogP contribution in [0.15, 0.2) is 0 Å². The fraction of sp³-hybridized carbons (Fsp3) is 0.900. The molecule has 4 atom stereocenters. The minimum atomic E-state index is 0.756. The van der Waals surface area contributed by atoms with E-state index in [0.717, 1.165) is 30.2 Å². The van der Waals surface area contributed by atoms with Crippen LogP contribution in [0.3, 0.4) is 0 Å². The molecule has 2 aliphatic rings. The molecule has 0 N–H and O–H groups in total. The molecule has 0 spiro atoms. The normalized spacial score (nSPS) is 47.6. The van der Waals surface area contributed by atoms with Gasteiger partial charge in [0.2, 0.25) is 6.54 Å². The monoisotopic (exact) mass is 149 g/mol. The predicted molar refractivity (Wildman–Crippen MR) is 45.0 cm³/mol. The Balaban J connectivity index is 2.07. The molecule has 0 aromatic rings. The van der Waals surface area contributed by atoms with Gasteiger partial charge in [-0.25, -0.2) is 6.57 Å². The Kier molecular flexibility index (Phi) is 1.64. The second-order valence-electron chi connectivity index (χ2n) is 4.20. The first-order valence-electron chi connectivity index (χ1n) is 4.66. The fourth-order valence-electron chi connectivity index (χ4n) is 3.12. The quantitative estimate of drug-likeness (QED) is 0.505. The molecule has 0 aromatic heterocycles. The van der Waals surface area contributed by atoms with E-state index >= 15 is 0 Å².